The van der Waals surface area contributed by atoms with Crippen LogP contribution in [0.2, 0.25) is 0 Å². The molecule has 0 amide bonds. The predicted molar refractivity (Wildman–Crippen MR) is 72.5 cm³/mol. The average Bonchev–Trinajstić information content (AvgIpc) is 2.80. The lowest BCUT2D eigenvalue weighted by Gasteiger charge is -2.09. The molecule has 0 aliphatic heterocycles. The smallest absolute Gasteiger partial charge is 0.188 e. The summed E-state index contributed by atoms with van der Waals surface area (Å²) in [7, 11) is 0. The number of thiazole rings is 1. The molecule has 0 atom stereocenters. The molecule has 0 unspecified atom stereocenters. The lowest BCUT2D eigenvalue weighted by atomic mass is 10.2. The summed E-state index contributed by atoms with van der Waals surface area (Å²) in [6, 6.07) is 7.93. The number of ether oxygens (including phenoxy) is 1. The Morgan fingerprint density at radius 3 is 2.94 bits per heavy atom. The second-order valence-electron chi connectivity index (χ2n) is 3.68. The first kappa shape index (κ1) is 12.4. The van der Waals surface area contributed by atoms with E-state index in [0.717, 1.165) is 22.1 Å². The van der Waals surface area contributed by atoms with Gasteiger partial charge in [0, 0.05) is 5.69 Å². The fraction of sp³-hybridized carbons (Fsp3) is 0.231. The van der Waals surface area contributed by atoms with E-state index in [9.17, 15) is 0 Å². The van der Waals surface area contributed by atoms with Gasteiger partial charge >= 0.3 is 0 Å². The predicted octanol–water partition coefficient (Wildman–Crippen LogP) is 3.47. The summed E-state index contributed by atoms with van der Waals surface area (Å²) in [4.78, 5) is 4.72. The van der Waals surface area contributed by atoms with E-state index in [4.69, 9.17) is 10.00 Å². The zero-order valence-electron chi connectivity index (χ0n) is 10.2. The number of rotatable bonds is 4. The molecule has 1 aromatic heterocycles. The second kappa shape index (κ2) is 5.52. The number of hydrogen-bond donors (Lipinski definition) is 1. The fourth-order valence-corrected chi connectivity index (χ4v) is 2.19. The Morgan fingerprint density at radius 2 is 2.33 bits per heavy atom. The minimum absolute atomic E-state index is 0.597. The van der Waals surface area contributed by atoms with Gasteiger partial charge in [-0.05, 0) is 37.6 Å². The first-order valence-corrected chi connectivity index (χ1v) is 6.41. The number of aromatic nitrogens is 1. The van der Waals surface area contributed by atoms with Crippen LogP contribution in [0.4, 0.5) is 10.8 Å². The van der Waals surface area contributed by atoms with E-state index < -0.39 is 0 Å². The van der Waals surface area contributed by atoms with E-state index in [1.54, 1.807) is 6.20 Å². The van der Waals surface area contributed by atoms with Gasteiger partial charge in [-0.15, -0.1) is 0 Å². The molecule has 4 nitrogen and oxygen atoms in total. The van der Waals surface area contributed by atoms with Gasteiger partial charge in [-0.3, -0.25) is 0 Å². The molecule has 0 saturated carbocycles. The van der Waals surface area contributed by atoms with Crippen LogP contribution in [0.5, 0.6) is 5.75 Å². The summed E-state index contributed by atoms with van der Waals surface area (Å²) >= 11 is 1.33. The highest BCUT2D eigenvalue weighted by Crippen LogP contribution is 2.26. The van der Waals surface area contributed by atoms with Crippen molar-refractivity contribution >= 4 is 22.2 Å². The number of nitriles is 1. The molecule has 2 aromatic rings. The average molecular weight is 259 g/mol. The lowest BCUT2D eigenvalue weighted by Crippen LogP contribution is -1.95. The quantitative estimate of drug-likeness (QED) is 0.913. The summed E-state index contributed by atoms with van der Waals surface area (Å²) in [6.07, 6.45) is 1.56. The molecule has 0 bridgehead atoms. The molecule has 5 heteroatoms. The van der Waals surface area contributed by atoms with Gasteiger partial charge in [-0.2, -0.15) is 5.26 Å². The summed E-state index contributed by atoms with van der Waals surface area (Å²) in [6.45, 7) is 4.62. The van der Waals surface area contributed by atoms with Gasteiger partial charge in [0.25, 0.3) is 0 Å². The fourth-order valence-electron chi connectivity index (χ4n) is 1.55. The summed E-state index contributed by atoms with van der Waals surface area (Å²) in [5.41, 5.74) is 2.01. The third kappa shape index (κ3) is 2.79. The van der Waals surface area contributed by atoms with Crippen LogP contribution in [-0.4, -0.2) is 11.6 Å². The van der Waals surface area contributed by atoms with Crippen molar-refractivity contribution < 1.29 is 4.74 Å². The van der Waals surface area contributed by atoms with Crippen molar-refractivity contribution in [3.8, 4) is 11.8 Å². The molecule has 0 saturated heterocycles. The van der Waals surface area contributed by atoms with Gasteiger partial charge in [0.1, 0.15) is 16.7 Å². The summed E-state index contributed by atoms with van der Waals surface area (Å²) in [5, 5.41) is 12.6. The van der Waals surface area contributed by atoms with Crippen molar-refractivity contribution in [2.75, 3.05) is 11.9 Å². The van der Waals surface area contributed by atoms with Crippen LogP contribution < -0.4 is 10.1 Å². The van der Waals surface area contributed by atoms with Crippen LogP contribution in [0, 0.1) is 18.3 Å². The normalized spacial score (nSPS) is 9.83. The number of aryl methyl sites for hydroxylation is 1. The third-order valence-electron chi connectivity index (χ3n) is 2.34. The van der Waals surface area contributed by atoms with E-state index in [2.05, 4.69) is 16.4 Å². The monoisotopic (exact) mass is 259 g/mol. The van der Waals surface area contributed by atoms with E-state index in [-0.39, 0.29) is 0 Å². The first-order chi connectivity index (χ1) is 8.72. The maximum atomic E-state index is 8.73. The minimum atomic E-state index is 0.597. The molecule has 2 rings (SSSR count). The van der Waals surface area contributed by atoms with Gasteiger partial charge in [0.2, 0.25) is 0 Å². The molecule has 1 aromatic carbocycles. The van der Waals surface area contributed by atoms with Crippen LogP contribution in [-0.2, 0) is 0 Å². The van der Waals surface area contributed by atoms with Crippen LogP contribution in [0.3, 0.4) is 0 Å². The first-order valence-electron chi connectivity index (χ1n) is 5.59. The van der Waals surface area contributed by atoms with Crippen LogP contribution in [0.15, 0.2) is 24.4 Å². The second-order valence-corrected chi connectivity index (χ2v) is 4.71. The molecule has 0 radical (unpaired) electrons. The molecule has 0 aliphatic carbocycles. The molecular weight excluding hydrogens is 246 g/mol. The van der Waals surface area contributed by atoms with Crippen molar-refractivity contribution in [2.45, 2.75) is 13.8 Å². The molecule has 0 aliphatic rings. The zero-order chi connectivity index (χ0) is 13.0. The number of hydrogen-bond acceptors (Lipinski definition) is 5. The molecular formula is C13H13N3OS. The topological polar surface area (TPSA) is 57.9 Å². The highest BCUT2D eigenvalue weighted by molar-refractivity contribution is 7.16. The Balaban J connectivity index is 2.15. The van der Waals surface area contributed by atoms with Crippen molar-refractivity contribution in [3.05, 3.63) is 34.8 Å². The van der Waals surface area contributed by atoms with E-state index in [1.165, 1.54) is 11.3 Å². The SMILES string of the molecule is CCOc1ccc(Nc2ncc(C#N)s2)cc1C. The van der Waals surface area contributed by atoms with Crippen molar-refractivity contribution in [1.82, 2.24) is 4.98 Å². The van der Waals surface area contributed by atoms with E-state index in [0.29, 0.717) is 11.5 Å². The lowest BCUT2D eigenvalue weighted by molar-refractivity contribution is 0.338. The van der Waals surface area contributed by atoms with E-state index >= 15 is 0 Å². The molecule has 1 N–H and O–H groups in total. The number of benzene rings is 1. The van der Waals surface area contributed by atoms with Gasteiger partial charge in [-0.1, -0.05) is 11.3 Å². The Bertz CT molecular complexity index is 586. The van der Waals surface area contributed by atoms with Crippen LogP contribution >= 0.6 is 11.3 Å². The van der Waals surface area contributed by atoms with Gasteiger partial charge in [0.15, 0.2) is 5.13 Å². The molecule has 0 spiro atoms. The molecule has 18 heavy (non-hydrogen) atoms. The molecule has 0 fully saturated rings. The van der Waals surface area contributed by atoms with Crippen molar-refractivity contribution in [2.24, 2.45) is 0 Å². The highest BCUT2D eigenvalue weighted by atomic mass is 32.1. The minimum Gasteiger partial charge on any atom is -0.494 e. The van der Waals surface area contributed by atoms with Crippen LogP contribution in [0.25, 0.3) is 0 Å². The number of nitrogens with zero attached hydrogens (tertiary/aromatic N) is 2. The number of nitrogens with one attached hydrogen (secondary N) is 1. The Hall–Kier alpha value is -2.06. The van der Waals surface area contributed by atoms with Crippen molar-refractivity contribution in [1.29, 1.82) is 5.26 Å². The maximum Gasteiger partial charge on any atom is 0.188 e. The Labute approximate surface area is 110 Å². The van der Waals surface area contributed by atoms with Crippen LogP contribution in [0.1, 0.15) is 17.4 Å². The van der Waals surface area contributed by atoms with Gasteiger partial charge in [0.05, 0.1) is 12.8 Å². The summed E-state index contributed by atoms with van der Waals surface area (Å²) in [5.74, 6) is 0.889. The summed E-state index contributed by atoms with van der Waals surface area (Å²) < 4.78 is 5.48. The van der Waals surface area contributed by atoms with E-state index in [1.807, 2.05) is 32.0 Å². The third-order valence-corrected chi connectivity index (χ3v) is 3.16. The largest absolute Gasteiger partial charge is 0.494 e. The van der Waals surface area contributed by atoms with Gasteiger partial charge in [-0.25, -0.2) is 4.98 Å². The molecule has 92 valence electrons. The van der Waals surface area contributed by atoms with Gasteiger partial charge < -0.3 is 10.1 Å². The standard InChI is InChI=1S/C13H13N3OS/c1-3-17-12-5-4-10(6-9(12)2)16-13-15-8-11(7-14)18-13/h4-6,8H,3H2,1-2H3,(H,15,16). The Morgan fingerprint density at radius 1 is 1.50 bits per heavy atom. The number of anilines is 2. The molecule has 1 heterocycles. The Kier molecular flexibility index (Phi) is 3.80. The highest BCUT2D eigenvalue weighted by Gasteiger charge is 2.04. The van der Waals surface area contributed by atoms with Crippen molar-refractivity contribution in [3.63, 3.8) is 0 Å². The maximum absolute atomic E-state index is 8.73. The zero-order valence-corrected chi connectivity index (χ0v) is 11.0.